The summed E-state index contributed by atoms with van der Waals surface area (Å²) in [5, 5.41) is 8.72. The van der Waals surface area contributed by atoms with E-state index in [1.54, 1.807) is 35.3 Å². The minimum Gasteiger partial charge on any atom is -0.338 e. The summed E-state index contributed by atoms with van der Waals surface area (Å²) in [6.07, 6.45) is 3.32. The number of halogens is 3. The van der Waals surface area contributed by atoms with E-state index in [1.165, 1.54) is 0 Å². The molecular formula is C16H17Cl3N4O. The van der Waals surface area contributed by atoms with Crippen LogP contribution < -0.4 is 5.32 Å². The first-order valence-electron chi connectivity index (χ1n) is 7.62. The van der Waals surface area contributed by atoms with Crippen molar-refractivity contribution in [2.75, 3.05) is 26.2 Å². The Morgan fingerprint density at radius 3 is 2.58 bits per heavy atom. The van der Waals surface area contributed by atoms with Crippen LogP contribution in [0.2, 0.25) is 10.0 Å². The number of nitrogens with zero attached hydrogens (tertiary/aromatic N) is 3. The molecule has 2 atom stereocenters. The molecule has 128 valence electrons. The van der Waals surface area contributed by atoms with Crippen LogP contribution in [0.15, 0.2) is 30.6 Å². The minimum absolute atomic E-state index is 0. The number of likely N-dealkylation sites (tertiary alicyclic amines) is 1. The molecule has 1 amide bonds. The molecule has 0 saturated carbocycles. The lowest BCUT2D eigenvalue weighted by Gasteiger charge is -2.16. The molecule has 2 aromatic rings. The molecule has 2 aliphatic heterocycles. The Morgan fingerprint density at radius 2 is 1.92 bits per heavy atom. The minimum atomic E-state index is 0. The average Bonchev–Trinajstić information content (AvgIpc) is 3.22. The van der Waals surface area contributed by atoms with Gasteiger partial charge >= 0.3 is 0 Å². The summed E-state index contributed by atoms with van der Waals surface area (Å²) in [5.74, 6) is 1.20. The van der Waals surface area contributed by atoms with E-state index in [4.69, 9.17) is 23.2 Å². The summed E-state index contributed by atoms with van der Waals surface area (Å²) in [5.41, 5.74) is 1.29. The molecule has 2 aliphatic rings. The van der Waals surface area contributed by atoms with Gasteiger partial charge in [0.15, 0.2) is 0 Å². The van der Waals surface area contributed by atoms with Gasteiger partial charge in [0, 0.05) is 37.4 Å². The molecule has 3 heterocycles. The molecule has 4 rings (SSSR count). The van der Waals surface area contributed by atoms with Crippen molar-refractivity contribution in [1.29, 1.82) is 0 Å². The van der Waals surface area contributed by atoms with Crippen LogP contribution in [-0.4, -0.2) is 46.8 Å². The Kier molecular flexibility index (Phi) is 5.06. The second-order valence-corrected chi connectivity index (χ2v) is 7.00. The summed E-state index contributed by atoms with van der Waals surface area (Å²) in [4.78, 5) is 14.6. The number of amides is 1. The van der Waals surface area contributed by atoms with Gasteiger partial charge in [0.1, 0.15) is 0 Å². The zero-order valence-electron chi connectivity index (χ0n) is 12.8. The van der Waals surface area contributed by atoms with Crippen LogP contribution in [0.3, 0.4) is 0 Å². The maximum absolute atomic E-state index is 12.7. The lowest BCUT2D eigenvalue weighted by molar-refractivity contribution is 0.0781. The number of fused-ring (bicyclic) bond motifs is 1. The molecule has 2 saturated heterocycles. The van der Waals surface area contributed by atoms with Crippen molar-refractivity contribution in [2.45, 2.75) is 0 Å². The van der Waals surface area contributed by atoms with Crippen molar-refractivity contribution >= 4 is 41.5 Å². The van der Waals surface area contributed by atoms with Crippen LogP contribution >= 0.6 is 35.6 Å². The van der Waals surface area contributed by atoms with Gasteiger partial charge in [-0.25, -0.2) is 4.68 Å². The van der Waals surface area contributed by atoms with E-state index in [1.807, 2.05) is 4.90 Å². The summed E-state index contributed by atoms with van der Waals surface area (Å²) in [6, 6.07) is 5.20. The smallest absolute Gasteiger partial charge is 0.257 e. The molecule has 0 unspecified atom stereocenters. The summed E-state index contributed by atoms with van der Waals surface area (Å²) in [7, 11) is 0. The van der Waals surface area contributed by atoms with Gasteiger partial charge in [-0.15, -0.1) is 12.4 Å². The number of rotatable bonds is 2. The van der Waals surface area contributed by atoms with Crippen LogP contribution in [0.4, 0.5) is 0 Å². The van der Waals surface area contributed by atoms with Gasteiger partial charge in [0.2, 0.25) is 0 Å². The highest BCUT2D eigenvalue weighted by molar-refractivity contribution is 6.35. The second kappa shape index (κ2) is 6.92. The molecule has 2 fully saturated rings. The van der Waals surface area contributed by atoms with Crippen molar-refractivity contribution in [3.05, 3.63) is 46.2 Å². The third kappa shape index (κ3) is 3.14. The van der Waals surface area contributed by atoms with Crippen LogP contribution in [0.1, 0.15) is 10.4 Å². The maximum atomic E-state index is 12.7. The molecule has 0 bridgehead atoms. The first-order chi connectivity index (χ1) is 11.1. The molecule has 1 N–H and O–H groups in total. The van der Waals surface area contributed by atoms with Gasteiger partial charge in [-0.1, -0.05) is 23.2 Å². The van der Waals surface area contributed by atoms with Crippen LogP contribution in [0, 0.1) is 11.8 Å². The van der Waals surface area contributed by atoms with E-state index in [0.29, 0.717) is 33.1 Å². The zero-order valence-corrected chi connectivity index (χ0v) is 15.1. The van der Waals surface area contributed by atoms with E-state index >= 15 is 0 Å². The quantitative estimate of drug-likeness (QED) is 0.862. The van der Waals surface area contributed by atoms with E-state index in [9.17, 15) is 4.79 Å². The highest BCUT2D eigenvalue weighted by Gasteiger charge is 2.38. The standard InChI is InChI=1S/C16H16Cl2N4O.ClH/c17-13-1-2-15(14(18)3-13)22-9-12(6-20-22)16(23)21-7-10-4-19-5-11(10)8-21;/h1-3,6,9-11,19H,4-5,7-8H2;1H/t10-,11+;. The Bertz CT molecular complexity index is 752. The Hall–Kier alpha value is -1.27. The topological polar surface area (TPSA) is 50.2 Å². The van der Waals surface area contributed by atoms with Gasteiger partial charge in [-0.2, -0.15) is 5.10 Å². The second-order valence-electron chi connectivity index (χ2n) is 6.16. The Balaban J connectivity index is 0.00000169. The van der Waals surface area contributed by atoms with Crippen molar-refractivity contribution in [1.82, 2.24) is 20.0 Å². The van der Waals surface area contributed by atoms with Crippen LogP contribution in [0.5, 0.6) is 0 Å². The summed E-state index contributed by atoms with van der Waals surface area (Å²) in [6.45, 7) is 3.66. The van der Waals surface area contributed by atoms with Crippen molar-refractivity contribution < 1.29 is 4.79 Å². The summed E-state index contributed by atoms with van der Waals surface area (Å²) < 4.78 is 1.62. The monoisotopic (exact) mass is 386 g/mol. The fourth-order valence-corrected chi connectivity index (χ4v) is 3.93. The molecule has 1 aromatic carbocycles. The van der Waals surface area contributed by atoms with Crippen molar-refractivity contribution in [3.63, 3.8) is 0 Å². The predicted octanol–water partition coefficient (Wildman–Crippen LogP) is 2.89. The van der Waals surface area contributed by atoms with E-state index < -0.39 is 0 Å². The molecule has 24 heavy (non-hydrogen) atoms. The first-order valence-corrected chi connectivity index (χ1v) is 8.37. The number of aromatic nitrogens is 2. The normalized spacial score (nSPS) is 22.3. The predicted molar refractivity (Wildman–Crippen MR) is 96.6 cm³/mol. The Labute approximate surface area is 156 Å². The van der Waals surface area contributed by atoms with Crippen LogP contribution in [0.25, 0.3) is 5.69 Å². The van der Waals surface area contributed by atoms with Crippen LogP contribution in [-0.2, 0) is 0 Å². The number of carbonyl (C=O) groups excluding carboxylic acids is 1. The largest absolute Gasteiger partial charge is 0.338 e. The zero-order chi connectivity index (χ0) is 16.0. The maximum Gasteiger partial charge on any atom is 0.257 e. The molecule has 0 aliphatic carbocycles. The number of benzene rings is 1. The average molecular weight is 388 g/mol. The third-order valence-electron chi connectivity index (χ3n) is 4.66. The molecule has 5 nitrogen and oxygen atoms in total. The molecule has 0 radical (unpaired) electrons. The lowest BCUT2D eigenvalue weighted by atomic mass is 10.0. The molecule has 1 aromatic heterocycles. The van der Waals surface area contributed by atoms with Gasteiger partial charge in [-0.3, -0.25) is 4.79 Å². The number of hydrogen-bond acceptors (Lipinski definition) is 3. The SMILES string of the molecule is Cl.O=C(c1cnn(-c2ccc(Cl)cc2Cl)c1)N1C[C@H]2CNC[C@H]2C1. The lowest BCUT2D eigenvalue weighted by Crippen LogP contribution is -2.31. The summed E-state index contributed by atoms with van der Waals surface area (Å²) >= 11 is 12.1. The molecular weight excluding hydrogens is 371 g/mol. The van der Waals surface area contributed by atoms with Gasteiger partial charge in [-0.05, 0) is 30.0 Å². The fourth-order valence-electron chi connectivity index (χ4n) is 3.44. The van der Waals surface area contributed by atoms with Crippen molar-refractivity contribution in [2.24, 2.45) is 11.8 Å². The van der Waals surface area contributed by atoms with E-state index in [0.717, 1.165) is 26.2 Å². The number of carbonyl (C=O) groups is 1. The van der Waals surface area contributed by atoms with E-state index in [2.05, 4.69) is 10.4 Å². The highest BCUT2D eigenvalue weighted by Crippen LogP contribution is 2.28. The van der Waals surface area contributed by atoms with Gasteiger partial charge in [0.25, 0.3) is 5.91 Å². The third-order valence-corrected chi connectivity index (χ3v) is 5.20. The molecule has 0 spiro atoms. The highest BCUT2D eigenvalue weighted by atomic mass is 35.5. The first kappa shape index (κ1) is 17.5. The Morgan fingerprint density at radius 1 is 1.21 bits per heavy atom. The van der Waals surface area contributed by atoms with E-state index in [-0.39, 0.29) is 18.3 Å². The van der Waals surface area contributed by atoms with Crippen molar-refractivity contribution in [3.8, 4) is 5.69 Å². The van der Waals surface area contributed by atoms with Gasteiger partial charge in [0.05, 0.1) is 22.5 Å². The molecule has 8 heteroatoms. The fraction of sp³-hybridized carbons (Fsp3) is 0.375. The number of hydrogen-bond donors (Lipinski definition) is 1. The van der Waals surface area contributed by atoms with Gasteiger partial charge < -0.3 is 10.2 Å². The number of nitrogens with one attached hydrogen (secondary N) is 1.